The van der Waals surface area contributed by atoms with Crippen molar-refractivity contribution in [3.05, 3.63) is 46.4 Å². The summed E-state index contributed by atoms with van der Waals surface area (Å²) in [5.74, 6) is 0.717. The maximum atomic E-state index is 8.77. The normalized spacial score (nSPS) is 9.89. The Morgan fingerprint density at radius 3 is 2.72 bits per heavy atom. The van der Waals surface area contributed by atoms with Crippen molar-refractivity contribution in [3.8, 4) is 6.07 Å². The third-order valence-electron chi connectivity index (χ3n) is 2.69. The highest BCUT2D eigenvalue weighted by Gasteiger charge is 2.07. The van der Waals surface area contributed by atoms with Crippen LogP contribution in [0.4, 0.5) is 11.5 Å². The summed E-state index contributed by atoms with van der Waals surface area (Å²) in [6.45, 7) is 3.86. The summed E-state index contributed by atoms with van der Waals surface area (Å²) in [5.41, 5.74) is 3.13. The molecule has 0 saturated heterocycles. The van der Waals surface area contributed by atoms with Gasteiger partial charge < -0.3 is 5.32 Å². The van der Waals surface area contributed by atoms with E-state index in [1.54, 1.807) is 18.2 Å². The lowest BCUT2D eigenvalue weighted by atomic mass is 10.2. The van der Waals surface area contributed by atoms with Crippen LogP contribution < -0.4 is 5.32 Å². The van der Waals surface area contributed by atoms with Gasteiger partial charge in [-0.25, -0.2) is 9.97 Å². The summed E-state index contributed by atoms with van der Waals surface area (Å²) < 4.78 is 0. The molecular formula is C13H11ClN4. The third-order valence-corrected chi connectivity index (χ3v) is 3.00. The fourth-order valence-corrected chi connectivity index (χ4v) is 1.71. The lowest BCUT2D eigenvalue weighted by molar-refractivity contribution is 1.06. The molecule has 1 aromatic carbocycles. The first-order valence-electron chi connectivity index (χ1n) is 5.36. The Bertz CT molecular complexity index is 631. The van der Waals surface area contributed by atoms with Crippen molar-refractivity contribution in [2.24, 2.45) is 0 Å². The number of anilines is 2. The maximum Gasteiger partial charge on any atom is 0.136 e. The van der Waals surface area contributed by atoms with E-state index in [9.17, 15) is 0 Å². The second-order valence-electron chi connectivity index (χ2n) is 3.86. The molecule has 2 aromatic rings. The maximum absolute atomic E-state index is 8.77. The van der Waals surface area contributed by atoms with Gasteiger partial charge in [0.05, 0.1) is 22.3 Å². The minimum absolute atomic E-state index is 0.490. The van der Waals surface area contributed by atoms with E-state index in [4.69, 9.17) is 16.9 Å². The molecule has 2 rings (SSSR count). The van der Waals surface area contributed by atoms with Crippen LogP contribution in [-0.2, 0) is 0 Å². The van der Waals surface area contributed by atoms with Gasteiger partial charge in [0, 0.05) is 11.3 Å². The Kier molecular flexibility index (Phi) is 3.45. The van der Waals surface area contributed by atoms with Crippen molar-refractivity contribution in [1.29, 1.82) is 5.26 Å². The van der Waals surface area contributed by atoms with Crippen molar-refractivity contribution in [1.82, 2.24) is 9.97 Å². The van der Waals surface area contributed by atoms with Gasteiger partial charge in [0.1, 0.15) is 12.1 Å². The Hall–Kier alpha value is -2.12. The van der Waals surface area contributed by atoms with Crippen LogP contribution in [0.2, 0.25) is 5.02 Å². The van der Waals surface area contributed by atoms with Crippen LogP contribution in [0.1, 0.15) is 16.8 Å². The van der Waals surface area contributed by atoms with Crippen LogP contribution >= 0.6 is 11.6 Å². The minimum Gasteiger partial charge on any atom is -0.339 e. The van der Waals surface area contributed by atoms with Crippen LogP contribution in [0.15, 0.2) is 24.5 Å². The summed E-state index contributed by atoms with van der Waals surface area (Å²) in [7, 11) is 0. The van der Waals surface area contributed by atoms with Gasteiger partial charge in [0.25, 0.3) is 0 Å². The molecule has 0 saturated carbocycles. The van der Waals surface area contributed by atoms with Crippen molar-refractivity contribution in [3.63, 3.8) is 0 Å². The topological polar surface area (TPSA) is 61.6 Å². The lowest BCUT2D eigenvalue weighted by Crippen LogP contribution is -2.00. The second-order valence-corrected chi connectivity index (χ2v) is 4.27. The van der Waals surface area contributed by atoms with Crippen molar-refractivity contribution >= 4 is 23.1 Å². The first-order chi connectivity index (χ1) is 8.61. The minimum atomic E-state index is 0.490. The zero-order chi connectivity index (χ0) is 13.1. The second kappa shape index (κ2) is 5.03. The van der Waals surface area contributed by atoms with Crippen molar-refractivity contribution < 1.29 is 0 Å². The van der Waals surface area contributed by atoms with E-state index in [0.29, 0.717) is 16.4 Å². The first kappa shape index (κ1) is 12.3. The molecular weight excluding hydrogens is 248 g/mol. The molecule has 0 atom stereocenters. The largest absolute Gasteiger partial charge is 0.339 e. The van der Waals surface area contributed by atoms with E-state index in [2.05, 4.69) is 15.3 Å². The molecule has 0 spiro atoms. The highest BCUT2D eigenvalue weighted by atomic mass is 35.5. The van der Waals surface area contributed by atoms with Gasteiger partial charge in [-0.3, -0.25) is 0 Å². The van der Waals surface area contributed by atoms with Crippen molar-refractivity contribution in [2.75, 3.05) is 5.32 Å². The van der Waals surface area contributed by atoms with Crippen LogP contribution in [0.3, 0.4) is 0 Å². The standard InChI is InChI=1S/C13H11ClN4/c1-8-9(2)16-7-17-13(8)18-12-4-3-10(6-15)5-11(12)14/h3-5,7H,1-2H3,(H,16,17,18). The molecule has 18 heavy (non-hydrogen) atoms. The highest BCUT2D eigenvalue weighted by Crippen LogP contribution is 2.27. The van der Waals surface area contributed by atoms with Gasteiger partial charge in [0.15, 0.2) is 0 Å². The average molecular weight is 259 g/mol. The molecule has 1 N–H and O–H groups in total. The molecule has 1 aromatic heterocycles. The number of hydrogen-bond acceptors (Lipinski definition) is 4. The Labute approximate surface area is 110 Å². The van der Waals surface area contributed by atoms with Gasteiger partial charge >= 0.3 is 0 Å². The van der Waals surface area contributed by atoms with E-state index in [1.165, 1.54) is 6.33 Å². The molecule has 0 amide bonds. The number of nitrogens with one attached hydrogen (secondary N) is 1. The van der Waals surface area contributed by atoms with Gasteiger partial charge in [-0.05, 0) is 32.0 Å². The SMILES string of the molecule is Cc1ncnc(Nc2ccc(C#N)cc2Cl)c1C. The molecule has 5 heteroatoms. The molecule has 0 fully saturated rings. The zero-order valence-electron chi connectivity index (χ0n) is 10.0. The predicted octanol–water partition coefficient (Wildman–Crippen LogP) is 3.36. The Balaban J connectivity index is 2.35. The zero-order valence-corrected chi connectivity index (χ0v) is 10.8. The molecule has 0 radical (unpaired) electrons. The molecule has 0 aliphatic rings. The lowest BCUT2D eigenvalue weighted by Gasteiger charge is -2.10. The van der Waals surface area contributed by atoms with Crippen LogP contribution in [-0.4, -0.2) is 9.97 Å². The van der Waals surface area contributed by atoms with Gasteiger partial charge in [-0.15, -0.1) is 0 Å². The number of nitriles is 1. The first-order valence-corrected chi connectivity index (χ1v) is 5.74. The Morgan fingerprint density at radius 1 is 1.28 bits per heavy atom. The number of nitrogens with zero attached hydrogens (tertiary/aromatic N) is 3. The predicted molar refractivity (Wildman–Crippen MR) is 71.0 cm³/mol. The van der Waals surface area contributed by atoms with Gasteiger partial charge in [-0.2, -0.15) is 5.26 Å². The fourth-order valence-electron chi connectivity index (χ4n) is 1.48. The molecule has 90 valence electrons. The van der Waals surface area contributed by atoms with E-state index in [0.717, 1.165) is 16.9 Å². The number of hydrogen-bond donors (Lipinski definition) is 1. The van der Waals surface area contributed by atoms with Crippen LogP contribution in [0.25, 0.3) is 0 Å². The van der Waals surface area contributed by atoms with Gasteiger partial charge in [0.2, 0.25) is 0 Å². The smallest absolute Gasteiger partial charge is 0.136 e. The highest BCUT2D eigenvalue weighted by molar-refractivity contribution is 6.33. The molecule has 0 bridgehead atoms. The molecule has 4 nitrogen and oxygen atoms in total. The quantitative estimate of drug-likeness (QED) is 0.897. The average Bonchev–Trinajstić information content (AvgIpc) is 2.37. The van der Waals surface area contributed by atoms with Crippen LogP contribution in [0, 0.1) is 25.2 Å². The number of halogens is 1. The van der Waals surface area contributed by atoms with Gasteiger partial charge in [-0.1, -0.05) is 11.6 Å². The monoisotopic (exact) mass is 258 g/mol. The number of benzene rings is 1. The number of aryl methyl sites for hydroxylation is 1. The Morgan fingerprint density at radius 2 is 2.06 bits per heavy atom. The molecule has 0 unspecified atom stereocenters. The van der Waals surface area contributed by atoms with E-state index >= 15 is 0 Å². The van der Waals surface area contributed by atoms with E-state index in [1.807, 2.05) is 19.9 Å². The molecule has 1 heterocycles. The van der Waals surface area contributed by atoms with Crippen molar-refractivity contribution in [2.45, 2.75) is 13.8 Å². The summed E-state index contributed by atoms with van der Waals surface area (Å²) in [6.07, 6.45) is 1.50. The van der Waals surface area contributed by atoms with Crippen LogP contribution in [0.5, 0.6) is 0 Å². The summed E-state index contributed by atoms with van der Waals surface area (Å²) in [4.78, 5) is 8.28. The fraction of sp³-hybridized carbons (Fsp3) is 0.154. The summed E-state index contributed by atoms with van der Waals surface area (Å²) in [6, 6.07) is 7.13. The summed E-state index contributed by atoms with van der Waals surface area (Å²) in [5, 5.41) is 12.4. The van der Waals surface area contributed by atoms with E-state index in [-0.39, 0.29) is 0 Å². The van der Waals surface area contributed by atoms with E-state index < -0.39 is 0 Å². The molecule has 0 aliphatic heterocycles. The number of rotatable bonds is 2. The molecule has 0 aliphatic carbocycles. The third kappa shape index (κ3) is 2.41. The number of aromatic nitrogens is 2. The summed E-state index contributed by atoms with van der Waals surface area (Å²) >= 11 is 6.09.